The Morgan fingerprint density at radius 2 is 1.31 bits per heavy atom. The van der Waals surface area contributed by atoms with Gasteiger partial charge in [-0.05, 0) is 51.0 Å². The van der Waals surface area contributed by atoms with E-state index in [1.807, 2.05) is 26.0 Å². The summed E-state index contributed by atoms with van der Waals surface area (Å²) in [5, 5.41) is 0.168. The molecule has 0 fully saturated rings. The monoisotopic (exact) mass is 406 g/mol. The molecule has 3 aromatic carbocycles. The Kier molecular flexibility index (Phi) is 5.86. The molecule has 0 heterocycles. The smallest absolute Gasteiger partial charge is 0.381 e. The lowest BCUT2D eigenvalue weighted by Gasteiger charge is -2.19. The Morgan fingerprint density at radius 3 is 1.86 bits per heavy atom. The summed E-state index contributed by atoms with van der Waals surface area (Å²) in [5.74, 6) is 0.252. The van der Waals surface area contributed by atoms with Crippen LogP contribution in [0.25, 0.3) is 0 Å². The van der Waals surface area contributed by atoms with Gasteiger partial charge in [-0.2, -0.15) is 0 Å². The van der Waals surface area contributed by atoms with Gasteiger partial charge in [-0.3, -0.25) is 9.36 Å². The first kappa shape index (κ1) is 20.8. The molecule has 0 radical (unpaired) electrons. The van der Waals surface area contributed by atoms with Gasteiger partial charge in [-0.25, -0.2) is 4.79 Å². The van der Waals surface area contributed by atoms with Crippen LogP contribution < -0.4 is 10.0 Å². The van der Waals surface area contributed by atoms with Gasteiger partial charge in [0.25, 0.3) is 7.14 Å². The maximum Gasteiger partial charge on any atom is 0.381 e. The Balaban J connectivity index is 2.12. The predicted molar refractivity (Wildman–Crippen MR) is 116 cm³/mol. The average Bonchev–Trinajstić information content (AvgIpc) is 2.68. The number of rotatable bonds is 5. The molecule has 0 N–H and O–H groups in total. The third kappa shape index (κ3) is 4.08. The molecule has 29 heavy (non-hydrogen) atoms. The van der Waals surface area contributed by atoms with E-state index in [9.17, 15) is 14.2 Å². The largest absolute Gasteiger partial charge is 0.421 e. The van der Waals surface area contributed by atoms with Crippen molar-refractivity contribution < 1.29 is 18.9 Å². The van der Waals surface area contributed by atoms with Crippen molar-refractivity contribution in [2.24, 2.45) is 0 Å². The summed E-state index contributed by atoms with van der Waals surface area (Å²) in [7, 11) is -4.22. The summed E-state index contributed by atoms with van der Waals surface area (Å²) in [6, 6.07) is 18.6. The van der Waals surface area contributed by atoms with Crippen LogP contribution in [0, 0.1) is 27.7 Å². The molecule has 0 spiro atoms. The van der Waals surface area contributed by atoms with Crippen LogP contribution in [-0.2, 0) is 4.57 Å². The second-order valence-electron chi connectivity index (χ2n) is 7.20. The molecule has 1 unspecified atom stereocenters. The third-order valence-electron chi connectivity index (χ3n) is 4.78. The molecule has 0 bridgehead atoms. The number of aryl methyl sites for hydroxylation is 4. The van der Waals surface area contributed by atoms with Crippen molar-refractivity contribution in [2.75, 3.05) is 0 Å². The zero-order valence-corrected chi connectivity index (χ0v) is 17.8. The van der Waals surface area contributed by atoms with E-state index in [0.29, 0.717) is 16.7 Å². The van der Waals surface area contributed by atoms with E-state index in [-0.39, 0.29) is 11.1 Å². The fourth-order valence-electron chi connectivity index (χ4n) is 3.39. The van der Waals surface area contributed by atoms with Crippen LogP contribution in [0.4, 0.5) is 4.79 Å². The minimum atomic E-state index is -4.22. The second kappa shape index (κ2) is 8.18. The highest BCUT2D eigenvalue weighted by molar-refractivity contribution is 8.00. The van der Waals surface area contributed by atoms with Gasteiger partial charge < -0.3 is 4.74 Å². The van der Waals surface area contributed by atoms with E-state index < -0.39 is 18.4 Å². The number of benzene rings is 3. The van der Waals surface area contributed by atoms with Crippen LogP contribution >= 0.6 is 7.14 Å². The maximum atomic E-state index is 14.1. The van der Waals surface area contributed by atoms with Crippen LogP contribution in [0.5, 0.6) is 5.75 Å². The van der Waals surface area contributed by atoms with E-state index in [1.54, 1.807) is 56.3 Å². The third-order valence-corrected chi connectivity index (χ3v) is 7.21. The minimum Gasteiger partial charge on any atom is -0.421 e. The van der Waals surface area contributed by atoms with Gasteiger partial charge in [0.2, 0.25) is 5.52 Å². The Bertz CT molecular complexity index is 1090. The van der Waals surface area contributed by atoms with E-state index >= 15 is 0 Å². The lowest BCUT2D eigenvalue weighted by atomic mass is 10.0. The van der Waals surface area contributed by atoms with Gasteiger partial charge in [0.05, 0.1) is 0 Å². The van der Waals surface area contributed by atoms with Crippen molar-refractivity contribution >= 4 is 23.7 Å². The zero-order chi connectivity index (χ0) is 21.2. The molecule has 0 aliphatic carbocycles. The summed E-state index contributed by atoms with van der Waals surface area (Å²) in [6.45, 7) is 7.41. The zero-order valence-electron chi connectivity index (χ0n) is 16.9. The van der Waals surface area contributed by atoms with Crippen molar-refractivity contribution in [3.8, 4) is 5.75 Å². The van der Waals surface area contributed by atoms with Crippen molar-refractivity contribution in [3.05, 3.63) is 94.5 Å². The van der Waals surface area contributed by atoms with E-state index in [0.717, 1.165) is 11.1 Å². The quantitative estimate of drug-likeness (QED) is 0.492. The number of ether oxygens (including phenoxy) is 1. The molecule has 0 aliphatic rings. The standard InChI is InChI=1S/C24H23O4P/c1-16-10-12-20(13-11-16)28-24(26)29(27,21-8-6-5-7-9-21)23(25)22-18(3)14-17(2)15-19(22)4/h5-15H,1-4H3. The molecular formula is C24H23O4P. The highest BCUT2D eigenvalue weighted by Gasteiger charge is 2.45. The fraction of sp³-hybridized carbons (Fsp3) is 0.167. The first-order valence-electron chi connectivity index (χ1n) is 9.31. The lowest BCUT2D eigenvalue weighted by Crippen LogP contribution is -2.23. The number of carbonyl (C=O) groups is 2. The first-order chi connectivity index (χ1) is 13.7. The van der Waals surface area contributed by atoms with Gasteiger partial charge in [-0.15, -0.1) is 0 Å². The predicted octanol–water partition coefficient (Wildman–Crippen LogP) is 5.95. The van der Waals surface area contributed by atoms with Crippen LogP contribution in [0.2, 0.25) is 0 Å². The molecule has 5 heteroatoms. The van der Waals surface area contributed by atoms with Gasteiger partial charge in [0.1, 0.15) is 5.75 Å². The molecule has 1 atom stereocenters. The van der Waals surface area contributed by atoms with Crippen molar-refractivity contribution in [1.82, 2.24) is 0 Å². The topological polar surface area (TPSA) is 60.4 Å². The van der Waals surface area contributed by atoms with Crippen molar-refractivity contribution in [1.29, 1.82) is 0 Å². The Morgan fingerprint density at radius 1 is 0.759 bits per heavy atom. The van der Waals surface area contributed by atoms with E-state index in [2.05, 4.69) is 0 Å². The van der Waals surface area contributed by atoms with Gasteiger partial charge in [0.15, 0.2) is 0 Å². The molecular weight excluding hydrogens is 383 g/mol. The number of hydrogen-bond donors (Lipinski definition) is 0. The average molecular weight is 406 g/mol. The summed E-state index contributed by atoms with van der Waals surface area (Å²) >= 11 is 0. The number of hydrogen-bond acceptors (Lipinski definition) is 4. The van der Waals surface area contributed by atoms with Crippen LogP contribution in [0.3, 0.4) is 0 Å². The second-order valence-corrected chi connectivity index (χ2v) is 9.71. The van der Waals surface area contributed by atoms with E-state index in [1.165, 1.54) is 12.1 Å². The molecule has 148 valence electrons. The Hall–Kier alpha value is -2.97. The molecule has 4 nitrogen and oxygen atoms in total. The van der Waals surface area contributed by atoms with Crippen molar-refractivity contribution in [3.63, 3.8) is 0 Å². The van der Waals surface area contributed by atoms with Crippen molar-refractivity contribution in [2.45, 2.75) is 27.7 Å². The van der Waals surface area contributed by atoms with Crippen LogP contribution in [0.15, 0.2) is 66.7 Å². The molecule has 0 aromatic heterocycles. The SMILES string of the molecule is Cc1ccc(OC(=O)P(=O)(C(=O)c2c(C)cc(C)cc2C)c2ccccc2)cc1. The highest BCUT2D eigenvalue weighted by Crippen LogP contribution is 2.50. The summed E-state index contributed by atoms with van der Waals surface area (Å²) in [4.78, 5) is 26.7. The number of carbonyl (C=O) groups excluding carboxylic acids is 2. The lowest BCUT2D eigenvalue weighted by molar-refractivity contribution is 0.107. The van der Waals surface area contributed by atoms with Crippen LogP contribution in [-0.4, -0.2) is 11.2 Å². The Labute approximate surface area is 170 Å². The maximum absolute atomic E-state index is 14.1. The van der Waals surface area contributed by atoms with Gasteiger partial charge in [0, 0.05) is 10.9 Å². The molecule has 0 saturated heterocycles. The highest BCUT2D eigenvalue weighted by atomic mass is 31.2. The van der Waals surface area contributed by atoms with E-state index in [4.69, 9.17) is 4.74 Å². The first-order valence-corrected chi connectivity index (χ1v) is 11.0. The summed E-state index contributed by atoms with van der Waals surface area (Å²) in [6.07, 6.45) is 0. The summed E-state index contributed by atoms with van der Waals surface area (Å²) in [5.41, 5.74) is 1.95. The van der Waals surface area contributed by atoms with Gasteiger partial charge in [-0.1, -0.05) is 65.7 Å². The normalized spacial score (nSPS) is 12.8. The van der Waals surface area contributed by atoms with Crippen LogP contribution in [0.1, 0.15) is 32.6 Å². The molecule has 3 rings (SSSR count). The minimum absolute atomic E-state index is 0.168. The molecule has 0 amide bonds. The summed E-state index contributed by atoms with van der Waals surface area (Å²) < 4.78 is 19.5. The molecule has 3 aromatic rings. The molecule has 0 saturated carbocycles. The fourth-order valence-corrected chi connectivity index (χ4v) is 5.49. The molecule has 0 aliphatic heterocycles. The van der Waals surface area contributed by atoms with Gasteiger partial charge >= 0.3 is 5.71 Å².